The van der Waals surface area contributed by atoms with Crippen LogP contribution in [0.3, 0.4) is 0 Å². The zero-order chi connectivity index (χ0) is 24.9. The molecule has 0 aliphatic heterocycles. The summed E-state index contributed by atoms with van der Waals surface area (Å²) in [7, 11) is -0.136. The van der Waals surface area contributed by atoms with Crippen LogP contribution >= 0.6 is 10.3 Å². The van der Waals surface area contributed by atoms with Gasteiger partial charge in [-0.1, -0.05) is 46.7 Å². The number of methoxy groups -OCH3 is 1. The molecule has 6 heteroatoms. The topological polar surface area (TPSA) is 53.3 Å². The Labute approximate surface area is 209 Å². The number of hydrogen-bond acceptors (Lipinski definition) is 4. The van der Waals surface area contributed by atoms with Crippen molar-refractivity contribution in [2.24, 2.45) is 0 Å². The predicted molar refractivity (Wildman–Crippen MR) is 145 cm³/mol. The van der Waals surface area contributed by atoms with E-state index in [1.54, 1.807) is 11.7 Å². The van der Waals surface area contributed by atoms with Crippen molar-refractivity contribution in [1.29, 1.82) is 0 Å². The van der Waals surface area contributed by atoms with E-state index in [4.69, 9.17) is 8.92 Å². The van der Waals surface area contributed by atoms with Gasteiger partial charge in [0.05, 0.1) is 30.9 Å². The van der Waals surface area contributed by atoms with E-state index in [2.05, 4.69) is 74.3 Å². The molecule has 0 aliphatic carbocycles. The van der Waals surface area contributed by atoms with E-state index in [1.807, 2.05) is 30.3 Å². The molecule has 0 amide bonds. The largest absolute Gasteiger partial charge is 0.497 e. The first-order valence-electron chi connectivity index (χ1n) is 12.0. The third-order valence-electron chi connectivity index (χ3n) is 6.10. The smallest absolute Gasteiger partial charge is 0.269 e. The number of fused-ring (bicyclic) bond motifs is 1. The third kappa shape index (κ3) is 5.14. The Balaban J connectivity index is 1.55. The molecular weight excluding hydrogens is 456 g/mol. The van der Waals surface area contributed by atoms with Crippen molar-refractivity contribution in [2.75, 3.05) is 13.7 Å². The highest BCUT2D eigenvalue weighted by Gasteiger charge is 2.41. The van der Waals surface area contributed by atoms with Crippen molar-refractivity contribution >= 4 is 21.3 Å². The van der Waals surface area contributed by atoms with Gasteiger partial charge in [-0.3, -0.25) is 4.79 Å². The van der Waals surface area contributed by atoms with Gasteiger partial charge < -0.3 is 13.5 Å². The molecule has 0 atom stereocenters. The van der Waals surface area contributed by atoms with Gasteiger partial charge in [0.2, 0.25) is 0 Å². The van der Waals surface area contributed by atoms with Gasteiger partial charge in [-0.15, -0.1) is 0 Å². The highest BCUT2D eigenvalue weighted by Crippen LogP contribution is 2.71. The molecule has 0 unspecified atom stereocenters. The van der Waals surface area contributed by atoms with Crippen LogP contribution in [0.5, 0.6) is 5.75 Å². The first-order valence-corrected chi connectivity index (χ1v) is 13.5. The maximum Gasteiger partial charge on any atom is 0.269 e. The molecule has 4 rings (SSSR count). The van der Waals surface area contributed by atoms with Gasteiger partial charge in [0.25, 0.3) is 5.56 Å². The molecule has 1 aromatic heterocycles. The van der Waals surface area contributed by atoms with Crippen molar-refractivity contribution in [3.63, 3.8) is 0 Å². The SMILES string of the molecule is COc1ccc2ncc(=O)n(CCCCOS(c3ccccc3)(c3ccccc3)C(C)(C)C)c2c1. The molecule has 184 valence electrons. The van der Waals surface area contributed by atoms with Gasteiger partial charge in [-0.05, 0) is 70.0 Å². The number of rotatable bonds is 9. The van der Waals surface area contributed by atoms with Crippen LogP contribution in [0.15, 0.2) is 99.6 Å². The van der Waals surface area contributed by atoms with Crippen molar-refractivity contribution in [2.45, 2.75) is 54.7 Å². The summed E-state index contributed by atoms with van der Waals surface area (Å²) < 4.78 is 13.9. The van der Waals surface area contributed by atoms with Crippen LogP contribution in [0.1, 0.15) is 33.6 Å². The molecule has 0 saturated heterocycles. The van der Waals surface area contributed by atoms with Crippen LogP contribution in [0.2, 0.25) is 0 Å². The average Bonchev–Trinajstić information content (AvgIpc) is 2.87. The Morgan fingerprint density at radius 2 is 1.51 bits per heavy atom. The molecule has 0 bridgehead atoms. The molecule has 1 heterocycles. The number of unbranched alkanes of at least 4 members (excludes halogenated alkanes) is 1. The Kier molecular flexibility index (Phi) is 7.63. The van der Waals surface area contributed by atoms with Crippen LogP contribution in [-0.2, 0) is 10.7 Å². The minimum atomic E-state index is -1.76. The molecule has 0 spiro atoms. The second-order valence-electron chi connectivity index (χ2n) is 9.43. The number of aryl methyl sites for hydroxylation is 1. The lowest BCUT2D eigenvalue weighted by molar-refractivity contribution is 0.327. The van der Waals surface area contributed by atoms with E-state index >= 15 is 0 Å². The van der Waals surface area contributed by atoms with Crippen LogP contribution in [-0.4, -0.2) is 28.0 Å². The maximum atomic E-state index is 12.6. The van der Waals surface area contributed by atoms with Gasteiger partial charge in [0, 0.05) is 27.1 Å². The van der Waals surface area contributed by atoms with Gasteiger partial charge >= 0.3 is 0 Å². The number of nitrogens with zero attached hydrogens (tertiary/aromatic N) is 2. The molecule has 0 fully saturated rings. The highest BCUT2D eigenvalue weighted by atomic mass is 32.3. The fourth-order valence-corrected chi connectivity index (χ4v) is 8.20. The minimum absolute atomic E-state index is 0.102. The number of benzene rings is 3. The quantitative estimate of drug-likeness (QED) is 0.241. The summed E-state index contributed by atoms with van der Waals surface area (Å²) >= 11 is 0. The summed E-state index contributed by atoms with van der Waals surface area (Å²) in [6.07, 6.45) is 3.05. The van der Waals surface area contributed by atoms with Crippen molar-refractivity contribution in [3.05, 3.63) is 95.4 Å². The van der Waals surface area contributed by atoms with Gasteiger partial charge in [-0.25, -0.2) is 4.98 Å². The maximum absolute atomic E-state index is 12.6. The molecule has 5 nitrogen and oxygen atoms in total. The molecule has 0 radical (unpaired) electrons. The summed E-state index contributed by atoms with van der Waals surface area (Å²) in [6, 6.07) is 26.8. The first kappa shape index (κ1) is 25.0. The van der Waals surface area contributed by atoms with Crippen LogP contribution in [0.25, 0.3) is 11.0 Å². The summed E-state index contributed by atoms with van der Waals surface area (Å²) in [5, 5.41) is 0. The molecule has 4 aromatic rings. The fraction of sp³-hybridized carbons (Fsp3) is 0.310. The molecule has 0 saturated carbocycles. The van der Waals surface area contributed by atoms with E-state index < -0.39 is 10.3 Å². The van der Waals surface area contributed by atoms with Crippen LogP contribution < -0.4 is 10.3 Å². The summed E-state index contributed by atoms with van der Waals surface area (Å²) in [6.45, 7) is 8.00. The Morgan fingerprint density at radius 3 is 2.09 bits per heavy atom. The van der Waals surface area contributed by atoms with Gasteiger partial charge in [0.15, 0.2) is 0 Å². The Bertz CT molecular complexity index is 1280. The summed E-state index contributed by atoms with van der Waals surface area (Å²) in [5.74, 6) is 0.714. The second kappa shape index (κ2) is 10.7. The molecule has 3 aromatic carbocycles. The van der Waals surface area contributed by atoms with Crippen molar-refractivity contribution in [3.8, 4) is 5.75 Å². The number of hydrogen-bond donors (Lipinski definition) is 0. The standard InChI is InChI=1S/C29H34N2O3S/c1-29(2,3)35(24-13-7-5-8-14-24,25-15-9-6-10-16-25)34-20-12-11-19-31-27-21-23(33-4)17-18-26(27)30-22-28(31)32/h5-10,13-18,21-22H,11-12,19-20H2,1-4H3. The Morgan fingerprint density at radius 1 is 0.886 bits per heavy atom. The monoisotopic (exact) mass is 490 g/mol. The predicted octanol–water partition coefficient (Wildman–Crippen LogP) is 6.84. The number of aromatic nitrogens is 2. The summed E-state index contributed by atoms with van der Waals surface area (Å²) in [4.78, 5) is 19.3. The minimum Gasteiger partial charge on any atom is -0.497 e. The fourth-order valence-electron chi connectivity index (χ4n) is 4.44. The molecule has 0 N–H and O–H groups in total. The van der Waals surface area contributed by atoms with Gasteiger partial charge in [-0.2, -0.15) is 0 Å². The van der Waals surface area contributed by atoms with Crippen molar-refractivity contribution < 1.29 is 8.92 Å². The van der Waals surface area contributed by atoms with E-state index in [-0.39, 0.29) is 10.3 Å². The lowest BCUT2D eigenvalue weighted by Gasteiger charge is -2.50. The second-order valence-corrected chi connectivity index (χ2v) is 12.9. The van der Waals surface area contributed by atoms with E-state index in [1.165, 1.54) is 16.0 Å². The normalized spacial score (nSPS) is 12.6. The summed E-state index contributed by atoms with van der Waals surface area (Å²) in [5.41, 5.74) is 1.47. The highest BCUT2D eigenvalue weighted by molar-refractivity contribution is 8.31. The molecule has 35 heavy (non-hydrogen) atoms. The number of ether oxygens (including phenoxy) is 1. The van der Waals surface area contributed by atoms with E-state index in [0.29, 0.717) is 18.9 Å². The molecule has 0 aliphatic rings. The lowest BCUT2D eigenvalue weighted by atomic mass is 10.2. The van der Waals surface area contributed by atoms with Crippen LogP contribution in [0.4, 0.5) is 0 Å². The zero-order valence-electron chi connectivity index (χ0n) is 20.9. The van der Waals surface area contributed by atoms with Gasteiger partial charge in [0.1, 0.15) is 5.75 Å². The zero-order valence-corrected chi connectivity index (χ0v) is 21.8. The van der Waals surface area contributed by atoms with Crippen LogP contribution in [0, 0.1) is 0 Å². The Hall–Kier alpha value is -3.09. The first-order chi connectivity index (χ1) is 16.9. The third-order valence-corrected chi connectivity index (χ3v) is 10.2. The lowest BCUT2D eigenvalue weighted by Crippen LogP contribution is -2.28. The molecular formula is C29H34N2O3S. The van der Waals surface area contributed by atoms with E-state index in [0.717, 1.165) is 23.9 Å². The average molecular weight is 491 g/mol. The van der Waals surface area contributed by atoms with E-state index in [9.17, 15) is 4.79 Å². The van der Waals surface area contributed by atoms with Crippen molar-refractivity contribution in [1.82, 2.24) is 9.55 Å².